The standard InChI is InChI=1S/C24H30Cl2N2O3/c1-6-22(24(30)27-15(2)3)28(13-19-20(25)8-7-9-21(19)26)23(29)14-31-18-11-10-16(4)17(5)12-18/h7-12,15,22H,6,13-14H2,1-5H3,(H,27,30)/t22-/m0/s1. The maximum atomic E-state index is 13.2. The Morgan fingerprint density at radius 2 is 1.71 bits per heavy atom. The largest absolute Gasteiger partial charge is 0.484 e. The van der Waals surface area contributed by atoms with Crippen molar-refractivity contribution in [2.24, 2.45) is 0 Å². The van der Waals surface area contributed by atoms with Gasteiger partial charge in [-0.3, -0.25) is 9.59 Å². The summed E-state index contributed by atoms with van der Waals surface area (Å²) >= 11 is 12.7. The van der Waals surface area contributed by atoms with Gasteiger partial charge in [0.1, 0.15) is 11.8 Å². The Hall–Kier alpha value is -2.24. The maximum Gasteiger partial charge on any atom is 0.261 e. The Kier molecular flexibility index (Phi) is 9.20. The number of ether oxygens (including phenoxy) is 1. The summed E-state index contributed by atoms with van der Waals surface area (Å²) in [6.45, 7) is 9.53. The van der Waals surface area contributed by atoms with Gasteiger partial charge >= 0.3 is 0 Å². The van der Waals surface area contributed by atoms with Crippen molar-refractivity contribution in [1.29, 1.82) is 0 Å². The first-order valence-electron chi connectivity index (χ1n) is 10.4. The second kappa shape index (κ2) is 11.4. The normalized spacial score (nSPS) is 11.9. The molecule has 0 saturated heterocycles. The summed E-state index contributed by atoms with van der Waals surface area (Å²) in [6.07, 6.45) is 0.440. The number of nitrogens with zero attached hydrogens (tertiary/aromatic N) is 1. The number of hydrogen-bond acceptors (Lipinski definition) is 3. The van der Waals surface area contributed by atoms with Crippen molar-refractivity contribution in [1.82, 2.24) is 10.2 Å². The molecule has 0 bridgehead atoms. The lowest BCUT2D eigenvalue weighted by Gasteiger charge is -2.31. The Morgan fingerprint density at radius 1 is 1.06 bits per heavy atom. The number of hydrogen-bond donors (Lipinski definition) is 1. The first kappa shape index (κ1) is 25.0. The Morgan fingerprint density at radius 3 is 2.26 bits per heavy atom. The lowest BCUT2D eigenvalue weighted by atomic mass is 10.1. The van der Waals surface area contributed by atoms with E-state index in [1.165, 1.54) is 4.90 Å². The van der Waals surface area contributed by atoms with Crippen LogP contribution in [0.5, 0.6) is 5.75 Å². The quantitative estimate of drug-likeness (QED) is 0.545. The molecule has 5 nitrogen and oxygen atoms in total. The number of halogens is 2. The van der Waals surface area contributed by atoms with Crippen molar-refractivity contribution >= 4 is 35.0 Å². The van der Waals surface area contributed by atoms with Gasteiger partial charge in [0, 0.05) is 28.2 Å². The molecule has 31 heavy (non-hydrogen) atoms. The summed E-state index contributed by atoms with van der Waals surface area (Å²) in [5.41, 5.74) is 2.82. The van der Waals surface area contributed by atoms with Crippen molar-refractivity contribution < 1.29 is 14.3 Å². The molecule has 2 aromatic rings. The topological polar surface area (TPSA) is 58.6 Å². The number of carbonyl (C=O) groups excluding carboxylic acids is 2. The molecule has 0 aliphatic carbocycles. The molecule has 2 amide bonds. The summed E-state index contributed by atoms with van der Waals surface area (Å²) in [6, 6.07) is 10.1. The maximum absolute atomic E-state index is 13.2. The first-order chi connectivity index (χ1) is 14.6. The van der Waals surface area contributed by atoms with Crippen LogP contribution in [0.25, 0.3) is 0 Å². The predicted octanol–water partition coefficient (Wildman–Crippen LogP) is 5.32. The molecule has 0 spiro atoms. The molecule has 0 saturated carbocycles. The van der Waals surface area contributed by atoms with Gasteiger partial charge in [-0.1, -0.05) is 42.3 Å². The molecule has 0 heterocycles. The van der Waals surface area contributed by atoms with E-state index in [4.69, 9.17) is 27.9 Å². The number of nitrogens with one attached hydrogen (secondary N) is 1. The molecule has 0 radical (unpaired) electrons. The summed E-state index contributed by atoms with van der Waals surface area (Å²) in [5, 5.41) is 3.78. The van der Waals surface area contributed by atoms with E-state index in [1.54, 1.807) is 18.2 Å². The predicted molar refractivity (Wildman–Crippen MR) is 126 cm³/mol. The zero-order valence-corrected chi connectivity index (χ0v) is 20.2. The Bertz CT molecular complexity index is 911. The highest BCUT2D eigenvalue weighted by Crippen LogP contribution is 2.27. The Labute approximate surface area is 194 Å². The van der Waals surface area contributed by atoms with E-state index >= 15 is 0 Å². The minimum atomic E-state index is -0.675. The molecule has 0 fully saturated rings. The van der Waals surface area contributed by atoms with Gasteiger partial charge in [0.05, 0.1) is 0 Å². The minimum Gasteiger partial charge on any atom is -0.484 e. The third-order valence-electron chi connectivity index (χ3n) is 5.05. The van der Waals surface area contributed by atoms with E-state index in [1.807, 2.05) is 52.8 Å². The molecule has 1 atom stereocenters. The molecule has 2 aromatic carbocycles. The molecule has 1 N–H and O–H groups in total. The molecule has 0 aliphatic heterocycles. The van der Waals surface area contributed by atoms with Gasteiger partial charge in [-0.25, -0.2) is 0 Å². The van der Waals surface area contributed by atoms with Gasteiger partial charge in [0.15, 0.2) is 6.61 Å². The van der Waals surface area contributed by atoms with Crippen LogP contribution in [0, 0.1) is 13.8 Å². The van der Waals surface area contributed by atoms with Crippen LogP contribution in [0.15, 0.2) is 36.4 Å². The lowest BCUT2D eigenvalue weighted by Crippen LogP contribution is -2.51. The summed E-state index contributed by atoms with van der Waals surface area (Å²) < 4.78 is 5.75. The van der Waals surface area contributed by atoms with Gasteiger partial charge in [-0.2, -0.15) is 0 Å². The average molecular weight is 465 g/mol. The van der Waals surface area contributed by atoms with Gasteiger partial charge in [0.25, 0.3) is 5.91 Å². The third kappa shape index (κ3) is 6.88. The molecule has 7 heteroatoms. The van der Waals surface area contributed by atoms with Crippen LogP contribution in [0.1, 0.15) is 43.9 Å². The van der Waals surface area contributed by atoms with E-state index < -0.39 is 6.04 Å². The van der Waals surface area contributed by atoms with Crippen LogP contribution in [0.4, 0.5) is 0 Å². The fourth-order valence-corrected chi connectivity index (χ4v) is 3.70. The number of carbonyl (C=O) groups is 2. The van der Waals surface area contributed by atoms with Crippen LogP contribution in [0.3, 0.4) is 0 Å². The fraction of sp³-hybridized carbons (Fsp3) is 0.417. The van der Waals surface area contributed by atoms with Crippen molar-refractivity contribution in [3.63, 3.8) is 0 Å². The van der Waals surface area contributed by atoms with E-state index in [0.29, 0.717) is 27.8 Å². The van der Waals surface area contributed by atoms with Gasteiger partial charge < -0.3 is 15.0 Å². The van der Waals surface area contributed by atoms with Crippen LogP contribution in [-0.2, 0) is 16.1 Å². The van der Waals surface area contributed by atoms with Gasteiger partial charge in [0.2, 0.25) is 5.91 Å². The number of amides is 2. The zero-order valence-electron chi connectivity index (χ0n) is 18.7. The molecular weight excluding hydrogens is 435 g/mol. The highest BCUT2D eigenvalue weighted by molar-refractivity contribution is 6.36. The molecule has 2 rings (SSSR count). The minimum absolute atomic E-state index is 0.0470. The van der Waals surface area contributed by atoms with Crippen molar-refractivity contribution in [2.45, 2.75) is 59.7 Å². The highest BCUT2D eigenvalue weighted by Gasteiger charge is 2.30. The van der Waals surface area contributed by atoms with Crippen molar-refractivity contribution in [2.75, 3.05) is 6.61 Å². The van der Waals surface area contributed by atoms with E-state index in [2.05, 4.69) is 5.32 Å². The number of rotatable bonds is 9. The molecule has 0 aliphatic rings. The first-order valence-corrected chi connectivity index (χ1v) is 11.1. The fourth-order valence-electron chi connectivity index (χ4n) is 3.19. The second-order valence-corrected chi connectivity index (χ2v) is 8.66. The van der Waals surface area contributed by atoms with Gasteiger partial charge in [-0.15, -0.1) is 0 Å². The number of benzene rings is 2. The van der Waals surface area contributed by atoms with Crippen molar-refractivity contribution in [3.8, 4) is 5.75 Å². The Balaban J connectivity index is 2.29. The average Bonchev–Trinajstić information content (AvgIpc) is 2.70. The van der Waals surface area contributed by atoms with E-state index in [-0.39, 0.29) is 31.0 Å². The van der Waals surface area contributed by atoms with Gasteiger partial charge in [-0.05, 0) is 69.5 Å². The lowest BCUT2D eigenvalue weighted by molar-refractivity contribution is -0.143. The smallest absolute Gasteiger partial charge is 0.261 e. The zero-order chi connectivity index (χ0) is 23.1. The van der Waals surface area contributed by atoms with E-state index in [9.17, 15) is 9.59 Å². The summed E-state index contributed by atoms with van der Waals surface area (Å²) in [5.74, 6) is 0.0621. The summed E-state index contributed by atoms with van der Waals surface area (Å²) in [7, 11) is 0. The SMILES string of the molecule is CC[C@@H](C(=O)NC(C)C)N(Cc1c(Cl)cccc1Cl)C(=O)COc1ccc(C)c(C)c1. The van der Waals surface area contributed by atoms with Crippen molar-refractivity contribution in [3.05, 3.63) is 63.1 Å². The molecular formula is C24H30Cl2N2O3. The summed E-state index contributed by atoms with van der Waals surface area (Å²) in [4.78, 5) is 27.5. The van der Waals surface area contributed by atoms with Crippen LogP contribution >= 0.6 is 23.2 Å². The van der Waals surface area contributed by atoms with Crippen LogP contribution in [0.2, 0.25) is 10.0 Å². The molecule has 168 valence electrons. The molecule has 0 aromatic heterocycles. The molecule has 0 unspecified atom stereocenters. The number of aryl methyl sites for hydroxylation is 2. The van der Waals surface area contributed by atoms with Crippen LogP contribution < -0.4 is 10.1 Å². The highest BCUT2D eigenvalue weighted by atomic mass is 35.5. The second-order valence-electron chi connectivity index (χ2n) is 7.84. The monoisotopic (exact) mass is 464 g/mol. The van der Waals surface area contributed by atoms with E-state index in [0.717, 1.165) is 11.1 Å². The third-order valence-corrected chi connectivity index (χ3v) is 5.76. The van der Waals surface area contributed by atoms with Crippen LogP contribution in [-0.4, -0.2) is 35.4 Å².